The van der Waals surface area contributed by atoms with E-state index >= 15 is 0 Å². The lowest BCUT2D eigenvalue weighted by atomic mass is 10.1. The van der Waals surface area contributed by atoms with Gasteiger partial charge in [-0.25, -0.2) is 0 Å². The Bertz CT molecular complexity index is 746. The lowest BCUT2D eigenvalue weighted by Crippen LogP contribution is -2.40. The molecule has 6 heteroatoms. The maximum atomic E-state index is 12.3. The molecule has 132 valence electrons. The van der Waals surface area contributed by atoms with E-state index in [9.17, 15) is 14.7 Å². The van der Waals surface area contributed by atoms with Crippen LogP contribution in [0, 0.1) is 6.92 Å². The second-order valence-corrected chi connectivity index (χ2v) is 7.34. The Hall–Kier alpha value is -2.18. The van der Waals surface area contributed by atoms with Gasteiger partial charge in [0.2, 0.25) is 5.91 Å². The molecule has 0 saturated carbocycles. The number of nitrogens with zero attached hydrogens (tertiary/aromatic N) is 1. The van der Waals surface area contributed by atoms with E-state index in [0.29, 0.717) is 42.9 Å². The van der Waals surface area contributed by atoms with Crippen molar-refractivity contribution in [3.05, 3.63) is 51.7 Å². The molecule has 5 nitrogen and oxygen atoms in total. The van der Waals surface area contributed by atoms with E-state index in [1.165, 1.54) is 11.3 Å². The molecule has 2 aromatic rings. The highest BCUT2D eigenvalue weighted by atomic mass is 32.1. The molecular formula is C19H22N2O3S. The predicted octanol–water partition coefficient (Wildman–Crippen LogP) is 2.83. The third-order valence-electron chi connectivity index (χ3n) is 4.34. The first-order valence-electron chi connectivity index (χ1n) is 8.42. The summed E-state index contributed by atoms with van der Waals surface area (Å²) in [6.07, 6.45) is 1.37. The van der Waals surface area contributed by atoms with Gasteiger partial charge >= 0.3 is 0 Å². The van der Waals surface area contributed by atoms with Crippen LogP contribution in [-0.4, -0.2) is 41.0 Å². The number of aryl methyl sites for hydroxylation is 1. The summed E-state index contributed by atoms with van der Waals surface area (Å²) in [7, 11) is 0. The normalized spacial score (nSPS) is 15.2. The highest BCUT2D eigenvalue weighted by molar-refractivity contribution is 7.12. The number of aliphatic hydroxyl groups excluding tert-OH is 1. The molecule has 25 heavy (non-hydrogen) atoms. The number of hydrogen-bond acceptors (Lipinski definition) is 4. The first-order chi connectivity index (χ1) is 12.0. The van der Waals surface area contributed by atoms with Gasteiger partial charge in [0.05, 0.1) is 17.4 Å². The van der Waals surface area contributed by atoms with Crippen LogP contribution in [-0.2, 0) is 11.2 Å². The van der Waals surface area contributed by atoms with Crippen molar-refractivity contribution in [1.82, 2.24) is 4.90 Å². The average molecular weight is 358 g/mol. The summed E-state index contributed by atoms with van der Waals surface area (Å²) < 4.78 is 0. The maximum Gasteiger partial charge on any atom is 0.265 e. The molecule has 1 aliphatic rings. The Balaban J connectivity index is 1.55. The van der Waals surface area contributed by atoms with E-state index in [0.717, 1.165) is 11.1 Å². The minimum Gasteiger partial charge on any atom is -0.393 e. The van der Waals surface area contributed by atoms with E-state index < -0.39 is 0 Å². The van der Waals surface area contributed by atoms with Gasteiger partial charge in [0.1, 0.15) is 0 Å². The fraction of sp³-hybridized carbons (Fsp3) is 0.368. The molecule has 1 fully saturated rings. The molecule has 2 N–H and O–H groups in total. The van der Waals surface area contributed by atoms with E-state index in [1.807, 2.05) is 47.5 Å². The number of aliphatic hydroxyl groups is 1. The molecule has 3 rings (SSSR count). The first kappa shape index (κ1) is 17.6. The number of nitrogens with one attached hydrogen (secondary N) is 1. The van der Waals surface area contributed by atoms with Gasteiger partial charge in [0.25, 0.3) is 5.91 Å². The molecule has 0 unspecified atom stereocenters. The van der Waals surface area contributed by atoms with Crippen LogP contribution < -0.4 is 5.32 Å². The van der Waals surface area contributed by atoms with Gasteiger partial charge in [0.15, 0.2) is 0 Å². The molecular weight excluding hydrogens is 336 g/mol. The lowest BCUT2D eigenvalue weighted by Gasteiger charge is -2.29. The summed E-state index contributed by atoms with van der Waals surface area (Å²) in [6, 6.07) is 9.24. The fourth-order valence-electron chi connectivity index (χ4n) is 2.85. The van der Waals surface area contributed by atoms with Gasteiger partial charge in [-0.05, 0) is 54.5 Å². The number of piperidine rings is 1. The van der Waals surface area contributed by atoms with E-state index in [-0.39, 0.29) is 17.9 Å². The zero-order valence-electron chi connectivity index (χ0n) is 14.2. The Labute approximate surface area is 151 Å². The highest BCUT2D eigenvalue weighted by Crippen LogP contribution is 2.18. The Morgan fingerprint density at radius 1 is 1.24 bits per heavy atom. The molecule has 0 spiro atoms. The second kappa shape index (κ2) is 7.80. The van der Waals surface area contributed by atoms with E-state index in [1.54, 1.807) is 0 Å². The van der Waals surface area contributed by atoms with Crippen molar-refractivity contribution in [2.75, 3.05) is 18.4 Å². The van der Waals surface area contributed by atoms with Crippen LogP contribution in [0.25, 0.3) is 0 Å². The summed E-state index contributed by atoms with van der Waals surface area (Å²) in [5.74, 6) is -0.0356. The quantitative estimate of drug-likeness (QED) is 0.883. The predicted molar refractivity (Wildman–Crippen MR) is 99.0 cm³/mol. The van der Waals surface area contributed by atoms with Crippen molar-refractivity contribution in [2.24, 2.45) is 0 Å². The van der Waals surface area contributed by atoms with Crippen molar-refractivity contribution in [3.63, 3.8) is 0 Å². The SMILES string of the molecule is Cc1csc(C(=O)Nc2ccc(CC(=O)N3CCC(O)CC3)cc2)c1. The lowest BCUT2D eigenvalue weighted by molar-refractivity contribution is -0.132. The number of carbonyl (C=O) groups excluding carboxylic acids is 2. The molecule has 1 aromatic carbocycles. The monoisotopic (exact) mass is 358 g/mol. The zero-order valence-corrected chi connectivity index (χ0v) is 15.0. The standard InChI is InChI=1S/C19H22N2O3S/c1-13-10-17(25-12-13)19(24)20-15-4-2-14(3-5-15)11-18(23)21-8-6-16(22)7-9-21/h2-5,10,12,16,22H,6-9,11H2,1H3,(H,20,24). The summed E-state index contributed by atoms with van der Waals surface area (Å²) in [6.45, 7) is 3.20. The molecule has 1 aliphatic heterocycles. The molecule has 2 heterocycles. The van der Waals surface area contributed by atoms with Crippen LogP contribution >= 0.6 is 11.3 Å². The number of anilines is 1. The second-order valence-electron chi connectivity index (χ2n) is 6.43. The fourth-order valence-corrected chi connectivity index (χ4v) is 3.64. The van der Waals surface area contributed by atoms with Crippen LogP contribution in [0.4, 0.5) is 5.69 Å². The minimum atomic E-state index is -0.279. The first-order valence-corrected chi connectivity index (χ1v) is 9.30. The van der Waals surface area contributed by atoms with Gasteiger partial charge in [-0.2, -0.15) is 0 Å². The maximum absolute atomic E-state index is 12.3. The summed E-state index contributed by atoms with van der Waals surface area (Å²) in [4.78, 5) is 26.9. The largest absolute Gasteiger partial charge is 0.393 e. The molecule has 1 saturated heterocycles. The zero-order chi connectivity index (χ0) is 17.8. The number of rotatable bonds is 4. The van der Waals surface area contributed by atoms with Gasteiger partial charge in [-0.1, -0.05) is 12.1 Å². The number of thiophene rings is 1. The number of amides is 2. The summed E-state index contributed by atoms with van der Waals surface area (Å²) >= 11 is 1.42. The Kier molecular flexibility index (Phi) is 5.50. The highest BCUT2D eigenvalue weighted by Gasteiger charge is 2.21. The Morgan fingerprint density at radius 3 is 2.52 bits per heavy atom. The molecule has 1 aromatic heterocycles. The minimum absolute atomic E-state index is 0.0812. The molecule has 0 bridgehead atoms. The van der Waals surface area contributed by atoms with Crippen molar-refractivity contribution in [3.8, 4) is 0 Å². The third-order valence-corrected chi connectivity index (χ3v) is 5.39. The van der Waals surface area contributed by atoms with Crippen LogP contribution in [0.1, 0.15) is 33.6 Å². The van der Waals surface area contributed by atoms with Crippen molar-refractivity contribution in [2.45, 2.75) is 32.3 Å². The topological polar surface area (TPSA) is 69.6 Å². The van der Waals surface area contributed by atoms with Gasteiger partial charge in [-0.15, -0.1) is 11.3 Å². The van der Waals surface area contributed by atoms with Crippen LogP contribution in [0.15, 0.2) is 35.7 Å². The number of benzene rings is 1. The molecule has 0 aliphatic carbocycles. The number of likely N-dealkylation sites (tertiary alicyclic amines) is 1. The van der Waals surface area contributed by atoms with Gasteiger partial charge < -0.3 is 15.3 Å². The molecule has 0 radical (unpaired) electrons. The van der Waals surface area contributed by atoms with Crippen molar-refractivity contribution in [1.29, 1.82) is 0 Å². The van der Waals surface area contributed by atoms with E-state index in [4.69, 9.17) is 0 Å². The van der Waals surface area contributed by atoms with Gasteiger partial charge in [-0.3, -0.25) is 9.59 Å². The van der Waals surface area contributed by atoms with Crippen LogP contribution in [0.2, 0.25) is 0 Å². The summed E-state index contributed by atoms with van der Waals surface area (Å²) in [5.41, 5.74) is 2.71. The number of carbonyl (C=O) groups is 2. The summed E-state index contributed by atoms with van der Waals surface area (Å²) in [5, 5.41) is 14.3. The average Bonchev–Trinajstić information content (AvgIpc) is 3.04. The van der Waals surface area contributed by atoms with Crippen LogP contribution in [0.3, 0.4) is 0 Å². The number of hydrogen-bond donors (Lipinski definition) is 2. The van der Waals surface area contributed by atoms with E-state index in [2.05, 4.69) is 5.32 Å². The van der Waals surface area contributed by atoms with Crippen molar-refractivity contribution < 1.29 is 14.7 Å². The third kappa shape index (κ3) is 4.67. The Morgan fingerprint density at radius 2 is 1.92 bits per heavy atom. The van der Waals surface area contributed by atoms with Crippen LogP contribution in [0.5, 0.6) is 0 Å². The smallest absolute Gasteiger partial charge is 0.265 e. The molecule has 2 amide bonds. The van der Waals surface area contributed by atoms with Gasteiger partial charge in [0, 0.05) is 18.8 Å². The molecule has 0 atom stereocenters. The van der Waals surface area contributed by atoms with Crippen molar-refractivity contribution >= 4 is 28.8 Å².